The van der Waals surface area contributed by atoms with E-state index in [-0.39, 0.29) is 18.0 Å². The topological polar surface area (TPSA) is 106 Å². The van der Waals surface area contributed by atoms with E-state index in [2.05, 4.69) is 32.5 Å². The zero-order valence-corrected chi connectivity index (χ0v) is 17.5. The number of aliphatic imine (C=N–C) groups is 1. The van der Waals surface area contributed by atoms with Crippen molar-refractivity contribution in [1.82, 2.24) is 15.5 Å². The van der Waals surface area contributed by atoms with Gasteiger partial charge in [0.15, 0.2) is 0 Å². The molecular weight excluding hydrogens is 421 g/mol. The molecule has 1 aliphatic rings. The Bertz CT molecular complexity index is 1060. The van der Waals surface area contributed by atoms with Gasteiger partial charge in [-0.25, -0.2) is 0 Å². The number of allylic oxidation sites excluding steroid dienone is 1. The largest absolute Gasteiger partial charge is 0.417 e. The lowest BCUT2D eigenvalue weighted by atomic mass is 9.90. The fraction of sp³-hybridized carbons (Fsp3) is 0.364. The molecule has 0 atom stereocenters. The third-order valence-corrected chi connectivity index (χ3v) is 5.47. The van der Waals surface area contributed by atoms with Crippen LogP contribution in [0, 0.1) is 11.3 Å². The van der Waals surface area contributed by atoms with Crippen LogP contribution in [-0.4, -0.2) is 34.9 Å². The van der Waals surface area contributed by atoms with Gasteiger partial charge in [0.1, 0.15) is 5.69 Å². The maximum atomic E-state index is 13.2. The summed E-state index contributed by atoms with van der Waals surface area (Å²) in [7, 11) is 0. The number of nitrogens with one attached hydrogen (secondary N) is 3. The van der Waals surface area contributed by atoms with Crippen LogP contribution in [0.15, 0.2) is 35.5 Å². The zero-order valence-electron chi connectivity index (χ0n) is 17.5. The number of aromatic nitrogens is 2. The van der Waals surface area contributed by atoms with Crippen LogP contribution in [-0.2, 0) is 11.0 Å². The third-order valence-electron chi connectivity index (χ3n) is 5.47. The fourth-order valence-electron chi connectivity index (χ4n) is 3.83. The summed E-state index contributed by atoms with van der Waals surface area (Å²) in [5.74, 6) is -0.250. The van der Waals surface area contributed by atoms with Crippen molar-refractivity contribution in [2.75, 3.05) is 5.32 Å². The van der Waals surface area contributed by atoms with E-state index in [4.69, 9.17) is 5.26 Å². The number of halogens is 3. The third kappa shape index (κ3) is 5.17. The highest BCUT2D eigenvalue weighted by Gasteiger charge is 2.34. The lowest BCUT2D eigenvalue weighted by molar-refractivity contribution is -0.137. The van der Waals surface area contributed by atoms with E-state index in [1.165, 1.54) is 18.3 Å². The smallest absolute Gasteiger partial charge is 0.382 e. The molecule has 0 unspecified atom stereocenters. The first-order chi connectivity index (χ1) is 15.3. The first-order valence-corrected chi connectivity index (χ1v) is 10.1. The van der Waals surface area contributed by atoms with Gasteiger partial charge in [0.25, 0.3) is 5.91 Å². The minimum absolute atomic E-state index is 0.0254. The van der Waals surface area contributed by atoms with Crippen LogP contribution < -0.4 is 10.6 Å². The van der Waals surface area contributed by atoms with Crippen LogP contribution in [0.5, 0.6) is 0 Å². The van der Waals surface area contributed by atoms with Gasteiger partial charge >= 0.3 is 6.18 Å². The average molecular weight is 444 g/mol. The molecule has 168 valence electrons. The molecular formula is C22H23F3N6O. The molecule has 1 aliphatic carbocycles. The number of alkyl halides is 3. The van der Waals surface area contributed by atoms with Gasteiger partial charge in [-0.2, -0.15) is 23.5 Å². The average Bonchev–Trinajstić information content (AvgIpc) is 3.23. The molecule has 1 heterocycles. The van der Waals surface area contributed by atoms with Crippen molar-refractivity contribution in [2.45, 2.75) is 50.9 Å². The number of carbonyl (C=O) groups excluding carboxylic acids is 1. The molecule has 3 N–H and O–H groups in total. The Balaban J connectivity index is 1.58. The highest BCUT2D eigenvalue weighted by molar-refractivity contribution is 6.20. The Kier molecular flexibility index (Phi) is 6.98. The zero-order chi connectivity index (χ0) is 23.3. The molecule has 0 spiro atoms. The second kappa shape index (κ2) is 9.68. The highest BCUT2D eigenvalue weighted by atomic mass is 19.4. The fourth-order valence-corrected chi connectivity index (χ4v) is 3.83. The monoisotopic (exact) mass is 444 g/mol. The van der Waals surface area contributed by atoms with E-state index >= 15 is 0 Å². The quantitative estimate of drug-likeness (QED) is 0.448. The van der Waals surface area contributed by atoms with Crippen LogP contribution in [0.1, 0.15) is 49.4 Å². The van der Waals surface area contributed by atoms with E-state index in [0.29, 0.717) is 48.3 Å². The number of nitrogens with zero attached hydrogens (tertiary/aromatic N) is 3. The van der Waals surface area contributed by atoms with Crippen molar-refractivity contribution < 1.29 is 18.0 Å². The lowest BCUT2D eigenvalue weighted by Gasteiger charge is -2.30. The molecule has 1 fully saturated rings. The number of carbonyl (C=O) groups is 1. The van der Waals surface area contributed by atoms with Gasteiger partial charge < -0.3 is 10.6 Å². The number of amides is 1. The molecule has 1 amide bonds. The van der Waals surface area contributed by atoms with Crippen molar-refractivity contribution in [3.8, 4) is 6.07 Å². The van der Waals surface area contributed by atoms with Crippen LogP contribution in [0.3, 0.4) is 0 Å². The molecule has 1 saturated carbocycles. The van der Waals surface area contributed by atoms with Crippen molar-refractivity contribution in [3.05, 3.63) is 47.3 Å². The summed E-state index contributed by atoms with van der Waals surface area (Å²) in [4.78, 5) is 16.6. The minimum atomic E-state index is -4.59. The van der Waals surface area contributed by atoms with E-state index in [0.717, 1.165) is 6.07 Å². The summed E-state index contributed by atoms with van der Waals surface area (Å²) >= 11 is 0. The van der Waals surface area contributed by atoms with Crippen molar-refractivity contribution in [2.24, 2.45) is 4.99 Å². The Morgan fingerprint density at radius 2 is 2.00 bits per heavy atom. The Labute approximate surface area is 183 Å². The van der Waals surface area contributed by atoms with Crippen LogP contribution in [0.25, 0.3) is 5.57 Å². The van der Waals surface area contributed by atoms with Crippen molar-refractivity contribution in [3.63, 3.8) is 0 Å². The molecule has 2 aromatic rings. The van der Waals surface area contributed by atoms with E-state index in [1.54, 1.807) is 19.1 Å². The normalized spacial score (nSPS) is 19.2. The summed E-state index contributed by atoms with van der Waals surface area (Å²) in [6.45, 7) is 5.22. The Hall–Kier alpha value is -3.61. The molecule has 0 radical (unpaired) electrons. The molecule has 0 bridgehead atoms. The van der Waals surface area contributed by atoms with E-state index in [9.17, 15) is 18.0 Å². The van der Waals surface area contributed by atoms with Crippen molar-refractivity contribution in [1.29, 1.82) is 5.26 Å². The van der Waals surface area contributed by atoms with Gasteiger partial charge in [-0.15, -0.1) is 0 Å². The second-order valence-electron chi connectivity index (χ2n) is 7.53. The van der Waals surface area contributed by atoms with Crippen molar-refractivity contribution >= 4 is 29.6 Å². The van der Waals surface area contributed by atoms with Gasteiger partial charge in [-0.3, -0.25) is 14.9 Å². The number of hydrogen-bond donors (Lipinski definition) is 3. The summed E-state index contributed by atoms with van der Waals surface area (Å²) < 4.78 is 39.5. The first-order valence-electron chi connectivity index (χ1n) is 10.1. The summed E-state index contributed by atoms with van der Waals surface area (Å²) in [5, 5.41) is 21.7. The van der Waals surface area contributed by atoms with Gasteiger partial charge in [0, 0.05) is 17.8 Å². The number of H-pyrrole nitrogens is 1. The van der Waals surface area contributed by atoms with Crippen LogP contribution in [0.4, 0.5) is 24.5 Å². The predicted octanol–water partition coefficient (Wildman–Crippen LogP) is 4.58. The number of benzene rings is 1. The first kappa shape index (κ1) is 23.1. The molecule has 1 aromatic heterocycles. The molecule has 7 nitrogen and oxygen atoms in total. The van der Waals surface area contributed by atoms with Crippen LogP contribution >= 0.6 is 0 Å². The maximum Gasteiger partial charge on any atom is 0.417 e. The lowest BCUT2D eigenvalue weighted by Crippen LogP contribution is -2.40. The predicted molar refractivity (Wildman–Crippen MR) is 115 cm³/mol. The van der Waals surface area contributed by atoms with Gasteiger partial charge in [0.2, 0.25) is 0 Å². The second-order valence-corrected chi connectivity index (χ2v) is 7.53. The number of aromatic amines is 1. The number of hydrogen-bond acceptors (Lipinski definition) is 5. The summed E-state index contributed by atoms with van der Waals surface area (Å²) in [6.07, 6.45) is 1.29. The highest BCUT2D eigenvalue weighted by Crippen LogP contribution is 2.34. The number of anilines is 1. The van der Waals surface area contributed by atoms with Gasteiger partial charge in [-0.05, 0) is 57.5 Å². The standard InChI is InChI=1S/C22H23F3N6O/c1-3-17(20-19(27-2)12-28-31-20)21(32)30-15-8-6-14(7-9-15)29-16-5-4-13(11-26)18(10-16)22(23,24)25/h3-5,10,12,14-15,29H,2,6-9H2,1H3,(H,28,31)(H,30,32)/b17-3+. The maximum absolute atomic E-state index is 13.2. The Morgan fingerprint density at radius 1 is 1.31 bits per heavy atom. The summed E-state index contributed by atoms with van der Waals surface area (Å²) in [6, 6.07) is 5.14. The molecule has 0 aliphatic heterocycles. The molecule has 10 heteroatoms. The molecule has 0 saturated heterocycles. The number of rotatable bonds is 6. The Morgan fingerprint density at radius 3 is 2.59 bits per heavy atom. The number of nitriles is 1. The molecule has 32 heavy (non-hydrogen) atoms. The molecule has 3 rings (SSSR count). The van der Waals surface area contributed by atoms with E-state index in [1.807, 2.05) is 0 Å². The van der Waals surface area contributed by atoms with E-state index < -0.39 is 17.3 Å². The summed E-state index contributed by atoms with van der Waals surface area (Å²) in [5.41, 5.74) is 0.378. The van der Waals surface area contributed by atoms with Crippen LogP contribution in [0.2, 0.25) is 0 Å². The minimum Gasteiger partial charge on any atom is -0.382 e. The van der Waals surface area contributed by atoms with Gasteiger partial charge in [0.05, 0.1) is 34.7 Å². The van der Waals surface area contributed by atoms with Gasteiger partial charge in [-0.1, -0.05) is 6.08 Å². The molecule has 1 aromatic carbocycles. The SMILES string of the molecule is C=Nc1cn[nH]c1/C(=C\C)C(=O)NC1CCC(Nc2ccc(C#N)c(C(F)(F)F)c2)CC1.